The van der Waals surface area contributed by atoms with Gasteiger partial charge in [-0.3, -0.25) is 0 Å². The van der Waals surface area contributed by atoms with E-state index in [9.17, 15) is 0 Å². The Hall–Kier alpha value is -0.930. The molecule has 1 heterocycles. The van der Waals surface area contributed by atoms with Gasteiger partial charge in [0.15, 0.2) is 0 Å². The quantitative estimate of drug-likeness (QED) is 0.885. The smallest absolute Gasteiger partial charge is 0.0530 e. The summed E-state index contributed by atoms with van der Waals surface area (Å²) < 4.78 is 2.44. The molecule has 0 saturated heterocycles. The fourth-order valence-corrected chi connectivity index (χ4v) is 3.12. The number of nitrogens with two attached hydrogens (primary N) is 1. The molecule has 0 bridgehead atoms. The van der Waals surface area contributed by atoms with Gasteiger partial charge in [-0.25, -0.2) is 0 Å². The maximum atomic E-state index is 5.88. The molecule has 1 aromatic heterocycles. The van der Waals surface area contributed by atoms with Crippen molar-refractivity contribution in [3.8, 4) is 0 Å². The molecule has 0 saturated carbocycles. The molecule has 18 heavy (non-hydrogen) atoms. The number of nitrogens with zero attached hydrogens (tertiary/aromatic N) is 1. The molecule has 2 rings (SSSR count). The van der Waals surface area contributed by atoms with Crippen molar-refractivity contribution in [1.29, 1.82) is 0 Å². The summed E-state index contributed by atoms with van der Waals surface area (Å²) in [4.78, 5) is 0. The van der Waals surface area contributed by atoms with Gasteiger partial charge in [-0.1, -0.05) is 25.1 Å². The maximum absolute atomic E-state index is 5.88. The van der Waals surface area contributed by atoms with E-state index in [0.29, 0.717) is 12.6 Å². The Bertz CT molecular complexity index is 529. The summed E-state index contributed by atoms with van der Waals surface area (Å²) in [6, 6.07) is 9.22. The zero-order valence-electron chi connectivity index (χ0n) is 11.4. The number of hydrogen-bond acceptors (Lipinski definition) is 2. The number of benzene rings is 1. The minimum absolute atomic E-state index is 0.475. The van der Waals surface area contributed by atoms with Gasteiger partial charge in [0.25, 0.3) is 0 Å². The summed E-state index contributed by atoms with van der Waals surface area (Å²) >= 11 is 1.97. The van der Waals surface area contributed by atoms with Crippen molar-refractivity contribution in [1.82, 2.24) is 4.57 Å². The van der Waals surface area contributed by atoms with Crippen LogP contribution in [-0.4, -0.2) is 10.3 Å². The predicted molar refractivity (Wildman–Crippen MR) is 82.1 cm³/mol. The molecular formula is C15H22N2S. The van der Waals surface area contributed by atoms with Crippen LogP contribution in [0.2, 0.25) is 0 Å². The molecule has 1 aromatic carbocycles. The molecule has 0 aliphatic rings. The predicted octanol–water partition coefficient (Wildman–Crippen LogP) is 3.93. The van der Waals surface area contributed by atoms with Gasteiger partial charge in [-0.2, -0.15) is 11.8 Å². The third-order valence-corrected chi connectivity index (χ3v) is 4.12. The minimum Gasteiger partial charge on any atom is -0.341 e. The standard InChI is InChI=1S/C15H22N2S/c1-4-18-10-14-8-12-6-5-7-13(9-16)15(12)17(14)11(2)3/h5-8,11H,4,9-10,16H2,1-3H3. The van der Waals surface area contributed by atoms with Crippen LogP contribution < -0.4 is 5.73 Å². The number of thioether (sulfide) groups is 1. The van der Waals surface area contributed by atoms with E-state index < -0.39 is 0 Å². The van der Waals surface area contributed by atoms with Gasteiger partial charge in [-0.15, -0.1) is 0 Å². The second-order valence-corrected chi connectivity index (χ2v) is 6.07. The van der Waals surface area contributed by atoms with Crippen molar-refractivity contribution in [3.63, 3.8) is 0 Å². The number of para-hydroxylation sites is 1. The number of aromatic nitrogens is 1. The summed E-state index contributed by atoms with van der Waals surface area (Å²) in [6.07, 6.45) is 0. The Morgan fingerprint density at radius 1 is 1.33 bits per heavy atom. The van der Waals surface area contributed by atoms with Gasteiger partial charge in [0.1, 0.15) is 0 Å². The minimum atomic E-state index is 0.475. The lowest BCUT2D eigenvalue weighted by atomic mass is 10.1. The first-order chi connectivity index (χ1) is 8.69. The van der Waals surface area contributed by atoms with E-state index in [2.05, 4.69) is 49.6 Å². The highest BCUT2D eigenvalue weighted by Crippen LogP contribution is 2.29. The lowest BCUT2D eigenvalue weighted by molar-refractivity contribution is 0.604. The van der Waals surface area contributed by atoms with Gasteiger partial charge in [0.2, 0.25) is 0 Å². The number of fused-ring (bicyclic) bond motifs is 1. The molecule has 0 spiro atoms. The van der Waals surface area contributed by atoms with Gasteiger partial charge in [0, 0.05) is 29.4 Å². The fourth-order valence-electron chi connectivity index (χ4n) is 2.49. The SMILES string of the molecule is CCSCc1cc2cccc(CN)c2n1C(C)C. The topological polar surface area (TPSA) is 30.9 Å². The molecule has 2 N–H and O–H groups in total. The monoisotopic (exact) mass is 262 g/mol. The second kappa shape index (κ2) is 5.81. The van der Waals surface area contributed by atoms with Gasteiger partial charge in [-0.05, 0) is 31.2 Å². The van der Waals surface area contributed by atoms with Crippen molar-refractivity contribution < 1.29 is 0 Å². The van der Waals surface area contributed by atoms with Crippen LogP contribution in [0.3, 0.4) is 0 Å². The van der Waals surface area contributed by atoms with Crippen LogP contribution in [0, 0.1) is 0 Å². The van der Waals surface area contributed by atoms with Crippen LogP contribution in [0.4, 0.5) is 0 Å². The molecule has 0 amide bonds. The lowest BCUT2D eigenvalue weighted by Gasteiger charge is -2.16. The normalized spacial score (nSPS) is 11.6. The van der Waals surface area contributed by atoms with Crippen molar-refractivity contribution in [3.05, 3.63) is 35.5 Å². The molecule has 0 radical (unpaired) electrons. The Balaban J connectivity index is 2.61. The van der Waals surface area contributed by atoms with E-state index in [0.717, 1.165) is 11.5 Å². The molecule has 0 fully saturated rings. The third kappa shape index (κ3) is 2.43. The second-order valence-electron chi connectivity index (χ2n) is 4.80. The Labute approximate surface area is 114 Å². The maximum Gasteiger partial charge on any atom is 0.0530 e. The Morgan fingerprint density at radius 2 is 2.11 bits per heavy atom. The van der Waals surface area contributed by atoms with Crippen molar-refractivity contribution in [2.75, 3.05) is 5.75 Å². The first-order valence-corrected chi connectivity index (χ1v) is 7.74. The third-order valence-electron chi connectivity index (χ3n) is 3.21. The van der Waals surface area contributed by atoms with Gasteiger partial charge >= 0.3 is 0 Å². The summed E-state index contributed by atoms with van der Waals surface area (Å²) in [7, 11) is 0. The van der Waals surface area contributed by atoms with E-state index in [1.54, 1.807) is 0 Å². The Morgan fingerprint density at radius 3 is 2.72 bits per heavy atom. The van der Waals surface area contributed by atoms with Crippen molar-refractivity contribution in [2.24, 2.45) is 5.73 Å². The molecule has 2 nitrogen and oxygen atoms in total. The average Bonchev–Trinajstić information content (AvgIpc) is 2.74. The van der Waals surface area contributed by atoms with Crippen LogP contribution in [0.15, 0.2) is 24.3 Å². The summed E-state index contributed by atoms with van der Waals surface area (Å²) in [6.45, 7) is 7.30. The van der Waals surface area contributed by atoms with Crippen LogP contribution in [0.1, 0.15) is 38.1 Å². The first-order valence-electron chi connectivity index (χ1n) is 6.58. The van der Waals surface area contributed by atoms with E-state index >= 15 is 0 Å². The highest BCUT2D eigenvalue weighted by Gasteiger charge is 2.13. The number of rotatable bonds is 5. The molecule has 0 unspecified atom stereocenters. The largest absolute Gasteiger partial charge is 0.341 e. The molecule has 3 heteroatoms. The lowest BCUT2D eigenvalue weighted by Crippen LogP contribution is -2.07. The Kier molecular flexibility index (Phi) is 4.36. The fraction of sp³-hybridized carbons (Fsp3) is 0.467. The van der Waals surface area contributed by atoms with E-state index in [1.807, 2.05) is 11.8 Å². The van der Waals surface area contributed by atoms with Crippen molar-refractivity contribution in [2.45, 2.75) is 39.1 Å². The van der Waals surface area contributed by atoms with Crippen LogP contribution >= 0.6 is 11.8 Å². The molecular weight excluding hydrogens is 240 g/mol. The van der Waals surface area contributed by atoms with E-state index in [-0.39, 0.29) is 0 Å². The zero-order valence-corrected chi connectivity index (χ0v) is 12.3. The van der Waals surface area contributed by atoms with Crippen LogP contribution in [0.25, 0.3) is 10.9 Å². The average molecular weight is 262 g/mol. The zero-order chi connectivity index (χ0) is 13.1. The molecule has 2 aromatic rings. The van der Waals surface area contributed by atoms with Crippen molar-refractivity contribution >= 4 is 22.7 Å². The van der Waals surface area contributed by atoms with Crippen LogP contribution in [-0.2, 0) is 12.3 Å². The molecule has 0 aliphatic carbocycles. The van der Waals surface area contributed by atoms with E-state index in [4.69, 9.17) is 5.73 Å². The van der Waals surface area contributed by atoms with Crippen LogP contribution in [0.5, 0.6) is 0 Å². The highest BCUT2D eigenvalue weighted by atomic mass is 32.2. The van der Waals surface area contributed by atoms with Gasteiger partial charge in [0.05, 0.1) is 5.52 Å². The first kappa shape index (κ1) is 13.5. The number of hydrogen-bond donors (Lipinski definition) is 1. The van der Waals surface area contributed by atoms with Gasteiger partial charge < -0.3 is 10.3 Å². The molecule has 0 atom stereocenters. The summed E-state index contributed by atoms with van der Waals surface area (Å²) in [5, 5.41) is 1.32. The summed E-state index contributed by atoms with van der Waals surface area (Å²) in [5.41, 5.74) is 9.85. The molecule has 0 aliphatic heterocycles. The van der Waals surface area contributed by atoms with E-state index in [1.165, 1.54) is 22.2 Å². The highest BCUT2D eigenvalue weighted by molar-refractivity contribution is 7.98. The molecule has 98 valence electrons. The summed E-state index contributed by atoms with van der Waals surface area (Å²) in [5.74, 6) is 2.23.